The van der Waals surface area contributed by atoms with Gasteiger partial charge in [0.25, 0.3) is 0 Å². The lowest BCUT2D eigenvalue weighted by molar-refractivity contribution is 0.210. The lowest BCUT2D eigenvalue weighted by atomic mass is 9.79. The van der Waals surface area contributed by atoms with E-state index in [1.54, 1.807) is 0 Å². The van der Waals surface area contributed by atoms with E-state index in [0.717, 1.165) is 23.9 Å². The molecule has 2 aliphatic rings. The predicted molar refractivity (Wildman–Crippen MR) is 69.6 cm³/mol. The number of rotatable bonds is 4. The van der Waals surface area contributed by atoms with Crippen molar-refractivity contribution in [3.63, 3.8) is 0 Å². The third-order valence-electron chi connectivity index (χ3n) is 4.22. The van der Waals surface area contributed by atoms with Crippen LogP contribution in [0.3, 0.4) is 0 Å². The fourth-order valence-corrected chi connectivity index (χ4v) is 3.36. The molecule has 2 N–H and O–H groups in total. The Hall–Kier alpha value is -0.0800. The molecule has 3 atom stereocenters. The number of hydrogen-bond donors (Lipinski definition) is 2. The summed E-state index contributed by atoms with van der Waals surface area (Å²) < 4.78 is 0. The standard InChI is InChI=1S/C14H28N2/c1-11(2)10-16-14-7-4-3-6-12(14)13-8-5-9-15-13/h11-16H,3-10H2,1-2H3. The van der Waals surface area contributed by atoms with Crippen LogP contribution in [0.4, 0.5) is 0 Å². The van der Waals surface area contributed by atoms with Crippen LogP contribution in [0.5, 0.6) is 0 Å². The third-order valence-corrected chi connectivity index (χ3v) is 4.22. The van der Waals surface area contributed by atoms with Crippen LogP contribution < -0.4 is 10.6 Å². The molecule has 2 fully saturated rings. The van der Waals surface area contributed by atoms with Crippen molar-refractivity contribution in [2.24, 2.45) is 11.8 Å². The Kier molecular flexibility index (Phi) is 4.66. The first-order valence-electron chi connectivity index (χ1n) is 7.24. The zero-order valence-corrected chi connectivity index (χ0v) is 11.0. The maximum Gasteiger partial charge on any atom is 0.0111 e. The Bertz CT molecular complexity index is 197. The molecule has 0 aromatic heterocycles. The second-order valence-corrected chi connectivity index (χ2v) is 6.06. The van der Waals surface area contributed by atoms with Gasteiger partial charge in [-0.15, -0.1) is 0 Å². The maximum atomic E-state index is 3.81. The molecule has 0 radical (unpaired) electrons. The number of nitrogens with one attached hydrogen (secondary N) is 2. The SMILES string of the molecule is CC(C)CNC1CCCCC1C1CCCN1. The van der Waals surface area contributed by atoms with Gasteiger partial charge in [0.2, 0.25) is 0 Å². The highest BCUT2D eigenvalue weighted by Crippen LogP contribution is 2.30. The summed E-state index contributed by atoms with van der Waals surface area (Å²) in [4.78, 5) is 0. The first-order chi connectivity index (χ1) is 7.77. The van der Waals surface area contributed by atoms with Gasteiger partial charge in [-0.1, -0.05) is 26.7 Å². The van der Waals surface area contributed by atoms with Crippen molar-refractivity contribution in [3.8, 4) is 0 Å². The molecular weight excluding hydrogens is 196 g/mol. The highest BCUT2D eigenvalue weighted by molar-refractivity contribution is 4.91. The quantitative estimate of drug-likeness (QED) is 0.767. The first kappa shape index (κ1) is 12.4. The summed E-state index contributed by atoms with van der Waals surface area (Å²) in [5.41, 5.74) is 0. The van der Waals surface area contributed by atoms with Gasteiger partial charge in [0.05, 0.1) is 0 Å². The van der Waals surface area contributed by atoms with E-state index in [1.165, 1.54) is 51.6 Å². The van der Waals surface area contributed by atoms with Gasteiger partial charge < -0.3 is 10.6 Å². The van der Waals surface area contributed by atoms with Crippen LogP contribution in [-0.2, 0) is 0 Å². The van der Waals surface area contributed by atoms with Gasteiger partial charge in [0.15, 0.2) is 0 Å². The minimum Gasteiger partial charge on any atom is -0.314 e. The minimum atomic E-state index is 0.777. The molecule has 16 heavy (non-hydrogen) atoms. The Labute approximate surface area is 101 Å². The van der Waals surface area contributed by atoms with Crippen molar-refractivity contribution in [1.82, 2.24) is 10.6 Å². The van der Waals surface area contributed by atoms with E-state index in [2.05, 4.69) is 24.5 Å². The van der Waals surface area contributed by atoms with Crippen LogP contribution in [0.1, 0.15) is 52.4 Å². The van der Waals surface area contributed by atoms with Gasteiger partial charge in [0, 0.05) is 12.1 Å². The molecule has 2 heteroatoms. The van der Waals surface area contributed by atoms with Gasteiger partial charge in [-0.2, -0.15) is 0 Å². The van der Waals surface area contributed by atoms with Crippen LogP contribution in [0.2, 0.25) is 0 Å². The molecule has 0 aromatic rings. The summed E-state index contributed by atoms with van der Waals surface area (Å²) >= 11 is 0. The van der Waals surface area contributed by atoms with Gasteiger partial charge >= 0.3 is 0 Å². The van der Waals surface area contributed by atoms with Crippen molar-refractivity contribution >= 4 is 0 Å². The van der Waals surface area contributed by atoms with Crippen LogP contribution in [0, 0.1) is 11.8 Å². The number of hydrogen-bond acceptors (Lipinski definition) is 2. The molecule has 1 aliphatic heterocycles. The molecule has 1 saturated heterocycles. The molecule has 2 rings (SSSR count). The predicted octanol–water partition coefficient (Wildman–Crippen LogP) is 2.54. The van der Waals surface area contributed by atoms with Crippen molar-refractivity contribution in [2.75, 3.05) is 13.1 Å². The van der Waals surface area contributed by atoms with E-state index in [4.69, 9.17) is 0 Å². The molecule has 1 aliphatic carbocycles. The Morgan fingerprint density at radius 2 is 1.94 bits per heavy atom. The molecule has 0 spiro atoms. The molecule has 0 amide bonds. The highest BCUT2D eigenvalue weighted by atomic mass is 15.0. The third kappa shape index (κ3) is 3.21. The molecule has 3 unspecified atom stereocenters. The van der Waals surface area contributed by atoms with E-state index < -0.39 is 0 Å². The minimum absolute atomic E-state index is 0.777. The zero-order chi connectivity index (χ0) is 11.4. The van der Waals surface area contributed by atoms with E-state index in [-0.39, 0.29) is 0 Å². The second-order valence-electron chi connectivity index (χ2n) is 6.06. The smallest absolute Gasteiger partial charge is 0.0111 e. The lowest BCUT2D eigenvalue weighted by Crippen LogP contribution is -2.47. The Morgan fingerprint density at radius 3 is 2.62 bits per heavy atom. The van der Waals surface area contributed by atoms with Crippen LogP contribution in [0.15, 0.2) is 0 Å². The first-order valence-corrected chi connectivity index (χ1v) is 7.24. The molecule has 1 heterocycles. The fraction of sp³-hybridized carbons (Fsp3) is 1.00. The molecule has 0 aromatic carbocycles. The lowest BCUT2D eigenvalue weighted by Gasteiger charge is -2.36. The summed E-state index contributed by atoms with van der Waals surface area (Å²) in [7, 11) is 0. The van der Waals surface area contributed by atoms with Crippen LogP contribution in [-0.4, -0.2) is 25.2 Å². The van der Waals surface area contributed by atoms with Gasteiger partial charge in [-0.25, -0.2) is 0 Å². The average molecular weight is 224 g/mol. The Morgan fingerprint density at radius 1 is 1.12 bits per heavy atom. The van der Waals surface area contributed by atoms with E-state index >= 15 is 0 Å². The van der Waals surface area contributed by atoms with E-state index in [1.807, 2.05) is 0 Å². The largest absolute Gasteiger partial charge is 0.314 e. The maximum absolute atomic E-state index is 3.81. The second kappa shape index (κ2) is 6.02. The Balaban J connectivity index is 1.85. The zero-order valence-electron chi connectivity index (χ0n) is 11.0. The van der Waals surface area contributed by atoms with Crippen molar-refractivity contribution in [1.29, 1.82) is 0 Å². The molecule has 94 valence electrons. The normalized spacial score (nSPS) is 35.8. The van der Waals surface area contributed by atoms with E-state index in [0.29, 0.717) is 0 Å². The summed E-state index contributed by atoms with van der Waals surface area (Å²) in [6.07, 6.45) is 8.51. The summed E-state index contributed by atoms with van der Waals surface area (Å²) in [6, 6.07) is 1.59. The molecular formula is C14H28N2. The summed E-state index contributed by atoms with van der Waals surface area (Å²) in [5.74, 6) is 1.68. The van der Waals surface area contributed by atoms with Crippen molar-refractivity contribution in [3.05, 3.63) is 0 Å². The van der Waals surface area contributed by atoms with Gasteiger partial charge in [-0.05, 0) is 50.6 Å². The fourth-order valence-electron chi connectivity index (χ4n) is 3.36. The molecule has 1 saturated carbocycles. The molecule has 0 bridgehead atoms. The monoisotopic (exact) mass is 224 g/mol. The van der Waals surface area contributed by atoms with Crippen LogP contribution in [0.25, 0.3) is 0 Å². The van der Waals surface area contributed by atoms with Gasteiger partial charge in [0.1, 0.15) is 0 Å². The summed E-state index contributed by atoms with van der Waals surface area (Å²) in [5, 5.41) is 7.51. The van der Waals surface area contributed by atoms with E-state index in [9.17, 15) is 0 Å². The molecule has 2 nitrogen and oxygen atoms in total. The highest BCUT2D eigenvalue weighted by Gasteiger charge is 2.32. The summed E-state index contributed by atoms with van der Waals surface area (Å²) in [6.45, 7) is 7.04. The van der Waals surface area contributed by atoms with Crippen molar-refractivity contribution < 1.29 is 0 Å². The topological polar surface area (TPSA) is 24.1 Å². The van der Waals surface area contributed by atoms with Crippen LogP contribution >= 0.6 is 0 Å². The van der Waals surface area contributed by atoms with Gasteiger partial charge in [-0.3, -0.25) is 0 Å². The average Bonchev–Trinajstić information content (AvgIpc) is 2.80. The van der Waals surface area contributed by atoms with Crippen molar-refractivity contribution in [2.45, 2.75) is 64.5 Å².